The summed E-state index contributed by atoms with van der Waals surface area (Å²) in [6.45, 7) is -0.482. The molecule has 0 aliphatic carbocycles. The highest BCUT2D eigenvalue weighted by molar-refractivity contribution is 6.00. The normalized spacial score (nSPS) is 25.4. The number of benzene rings is 2. The lowest BCUT2D eigenvalue weighted by atomic mass is 9.91. The number of amides is 2. The van der Waals surface area contributed by atoms with Crippen LogP contribution in [0.15, 0.2) is 42.5 Å². The number of hydrogen-bond acceptors (Lipinski definition) is 7. The Kier molecular flexibility index (Phi) is 7.27. The van der Waals surface area contributed by atoms with Crippen LogP contribution in [0.1, 0.15) is 26.3 Å². The first-order valence-corrected chi connectivity index (χ1v) is 10.2. The van der Waals surface area contributed by atoms with Crippen molar-refractivity contribution in [2.75, 3.05) is 20.7 Å². The molecule has 0 unspecified atom stereocenters. The minimum absolute atomic E-state index is 0.220. The Morgan fingerprint density at radius 1 is 0.906 bits per heavy atom. The molecule has 1 fully saturated rings. The van der Waals surface area contributed by atoms with E-state index < -0.39 is 43.0 Å². The number of hydrogen-bond donors (Lipinski definition) is 5. The van der Waals surface area contributed by atoms with Gasteiger partial charge in [0.1, 0.15) is 24.4 Å². The van der Waals surface area contributed by atoms with Crippen molar-refractivity contribution in [2.45, 2.75) is 36.9 Å². The molecule has 5 atom stereocenters. The number of nitrogens with zero attached hydrogens (tertiary/aromatic N) is 1. The topological polar surface area (TPSA) is 154 Å². The molecule has 6 N–H and O–H groups in total. The third kappa shape index (κ3) is 4.98. The second-order valence-electron chi connectivity index (χ2n) is 8.13. The van der Waals surface area contributed by atoms with Gasteiger partial charge in [0.15, 0.2) is 0 Å². The van der Waals surface area contributed by atoms with Gasteiger partial charge in [0.25, 0.3) is 5.91 Å². The fraction of sp³-hybridized carbons (Fsp3) is 0.391. The summed E-state index contributed by atoms with van der Waals surface area (Å²) in [4.78, 5) is 25.5. The van der Waals surface area contributed by atoms with Gasteiger partial charge >= 0.3 is 0 Å². The van der Waals surface area contributed by atoms with E-state index in [-0.39, 0.29) is 17.9 Å². The first-order chi connectivity index (χ1) is 15.1. The van der Waals surface area contributed by atoms with Gasteiger partial charge in [-0.15, -0.1) is 0 Å². The molecule has 1 heterocycles. The number of primary amides is 1. The van der Waals surface area contributed by atoms with E-state index in [4.69, 9.17) is 10.5 Å². The number of ether oxygens (including phenoxy) is 1. The molecule has 172 valence electrons. The number of nitrogens with two attached hydrogens (primary N) is 1. The van der Waals surface area contributed by atoms with Crippen molar-refractivity contribution in [3.63, 3.8) is 0 Å². The maximum atomic E-state index is 12.4. The van der Waals surface area contributed by atoms with E-state index in [1.54, 1.807) is 50.5 Å². The molecule has 2 aromatic rings. The van der Waals surface area contributed by atoms with E-state index in [0.29, 0.717) is 11.1 Å². The van der Waals surface area contributed by atoms with E-state index in [9.17, 15) is 30.0 Å². The third-order valence-electron chi connectivity index (χ3n) is 5.59. The van der Waals surface area contributed by atoms with Crippen molar-refractivity contribution in [2.24, 2.45) is 5.73 Å². The zero-order valence-corrected chi connectivity index (χ0v) is 17.9. The average molecular weight is 444 g/mol. The van der Waals surface area contributed by atoms with Crippen molar-refractivity contribution < 1.29 is 34.8 Å². The Morgan fingerprint density at radius 2 is 1.50 bits per heavy atom. The van der Waals surface area contributed by atoms with E-state index in [0.717, 1.165) is 11.1 Å². The molecule has 32 heavy (non-hydrogen) atoms. The second kappa shape index (κ2) is 9.76. The lowest BCUT2D eigenvalue weighted by Gasteiger charge is -2.40. The van der Waals surface area contributed by atoms with Crippen molar-refractivity contribution >= 4 is 11.8 Å². The number of carbonyl (C=O) groups is 2. The Balaban J connectivity index is 1.84. The van der Waals surface area contributed by atoms with E-state index in [2.05, 4.69) is 0 Å². The van der Waals surface area contributed by atoms with Crippen LogP contribution in [-0.2, 0) is 11.2 Å². The Hall–Kier alpha value is -2.82. The van der Waals surface area contributed by atoms with E-state index in [1.165, 1.54) is 11.0 Å². The monoisotopic (exact) mass is 444 g/mol. The van der Waals surface area contributed by atoms with Gasteiger partial charge in [0.2, 0.25) is 5.91 Å². The molecule has 2 aromatic carbocycles. The second-order valence-corrected chi connectivity index (χ2v) is 8.13. The van der Waals surface area contributed by atoms with Crippen molar-refractivity contribution in [1.82, 2.24) is 4.90 Å². The minimum atomic E-state index is -1.42. The van der Waals surface area contributed by atoms with Gasteiger partial charge in [0, 0.05) is 31.6 Å². The molecule has 1 saturated heterocycles. The van der Waals surface area contributed by atoms with Crippen molar-refractivity contribution in [3.05, 3.63) is 59.2 Å². The molecule has 3 rings (SSSR count). The minimum Gasteiger partial charge on any atom is -0.394 e. The van der Waals surface area contributed by atoms with Gasteiger partial charge in [-0.1, -0.05) is 24.3 Å². The summed E-state index contributed by atoms with van der Waals surface area (Å²) in [5.41, 5.74) is 8.17. The molecule has 1 aliphatic rings. The third-order valence-corrected chi connectivity index (χ3v) is 5.59. The molecule has 9 nitrogen and oxygen atoms in total. The molecule has 0 radical (unpaired) electrons. The summed E-state index contributed by atoms with van der Waals surface area (Å²) >= 11 is 0. The smallest absolute Gasteiger partial charge is 0.253 e. The van der Waals surface area contributed by atoms with Crippen LogP contribution in [0.3, 0.4) is 0 Å². The number of aliphatic hydroxyl groups excluding tert-OH is 4. The Bertz CT molecular complexity index is 975. The fourth-order valence-corrected chi connectivity index (χ4v) is 3.73. The summed E-state index contributed by atoms with van der Waals surface area (Å²) in [5.74, 6) is -0.896. The van der Waals surface area contributed by atoms with Gasteiger partial charge in [-0.05, 0) is 34.9 Å². The predicted octanol–water partition coefficient (Wildman–Crippen LogP) is -0.461. The van der Waals surface area contributed by atoms with Gasteiger partial charge in [-0.2, -0.15) is 0 Å². The largest absolute Gasteiger partial charge is 0.394 e. The van der Waals surface area contributed by atoms with Gasteiger partial charge in [-0.3, -0.25) is 9.59 Å². The van der Waals surface area contributed by atoms with Crippen molar-refractivity contribution in [1.29, 1.82) is 0 Å². The van der Waals surface area contributed by atoms with Crippen LogP contribution in [0.25, 0.3) is 11.1 Å². The number of rotatable bonds is 6. The van der Waals surface area contributed by atoms with Crippen LogP contribution in [0.5, 0.6) is 0 Å². The maximum Gasteiger partial charge on any atom is 0.253 e. The summed E-state index contributed by atoms with van der Waals surface area (Å²) in [7, 11) is 3.24. The lowest BCUT2D eigenvalue weighted by Crippen LogP contribution is -2.58. The zero-order valence-electron chi connectivity index (χ0n) is 17.9. The number of carbonyl (C=O) groups excluding carboxylic acids is 2. The zero-order chi connectivity index (χ0) is 23.6. The standard InChI is InChI=1S/C23H28N2O7/c1-25(2)23(31)16-9-14(8-15(10-16)22(24)30)13-5-3-12(4-6-13)7-17-19(27)21(29)20(28)18(11-26)32-17/h3-6,8-10,17-21,26-29H,7,11H2,1-2H3,(H2,24,30)/t17-,18-,19-,20-,21-/m1/s1. The maximum absolute atomic E-state index is 12.4. The lowest BCUT2D eigenvalue weighted by molar-refractivity contribution is -0.228. The quantitative estimate of drug-likeness (QED) is 0.404. The van der Waals surface area contributed by atoms with Crippen LogP contribution in [0.2, 0.25) is 0 Å². The summed E-state index contributed by atoms with van der Waals surface area (Å²) in [5, 5.41) is 39.4. The highest BCUT2D eigenvalue weighted by Gasteiger charge is 2.43. The van der Waals surface area contributed by atoms with Crippen LogP contribution >= 0.6 is 0 Å². The van der Waals surface area contributed by atoms with Crippen LogP contribution in [0.4, 0.5) is 0 Å². The van der Waals surface area contributed by atoms with E-state index in [1.807, 2.05) is 0 Å². The van der Waals surface area contributed by atoms with Crippen molar-refractivity contribution in [3.8, 4) is 11.1 Å². The Morgan fingerprint density at radius 3 is 2.06 bits per heavy atom. The average Bonchev–Trinajstić information content (AvgIpc) is 2.78. The first kappa shape index (κ1) is 23.8. The summed E-state index contributed by atoms with van der Waals surface area (Å²) in [6.07, 6.45) is -5.65. The Labute approximate surface area is 185 Å². The highest BCUT2D eigenvalue weighted by atomic mass is 16.5. The molecule has 9 heteroatoms. The summed E-state index contributed by atoms with van der Waals surface area (Å²) < 4.78 is 5.55. The van der Waals surface area contributed by atoms with E-state index >= 15 is 0 Å². The molecule has 1 aliphatic heterocycles. The van der Waals surface area contributed by atoms with Gasteiger partial charge < -0.3 is 35.8 Å². The molecular weight excluding hydrogens is 416 g/mol. The number of aliphatic hydroxyl groups is 4. The SMILES string of the molecule is CN(C)C(=O)c1cc(C(N)=O)cc(-c2ccc(C[C@H]3O[C@H](CO)[C@@H](O)[C@H](O)[C@@H]3O)cc2)c1. The first-order valence-electron chi connectivity index (χ1n) is 10.2. The van der Waals surface area contributed by atoms with Crippen LogP contribution in [0, 0.1) is 0 Å². The van der Waals surface area contributed by atoms with Crippen LogP contribution < -0.4 is 5.73 Å². The molecule has 0 bridgehead atoms. The molecule has 0 spiro atoms. The molecule has 0 aromatic heterocycles. The summed E-state index contributed by atoms with van der Waals surface area (Å²) in [6, 6.07) is 11.9. The molecule has 2 amide bonds. The highest BCUT2D eigenvalue weighted by Crippen LogP contribution is 2.27. The molecular formula is C23H28N2O7. The predicted molar refractivity (Wildman–Crippen MR) is 116 cm³/mol. The van der Waals surface area contributed by atoms with Gasteiger partial charge in [0.05, 0.1) is 12.7 Å². The van der Waals surface area contributed by atoms with Gasteiger partial charge in [-0.25, -0.2) is 0 Å². The fourth-order valence-electron chi connectivity index (χ4n) is 3.73. The van der Waals surface area contributed by atoms with Crippen LogP contribution in [-0.4, -0.2) is 88.4 Å². The molecule has 0 saturated carbocycles.